The molecule has 82 heavy (non-hydrogen) atoms. The molecule has 8 heterocycles. The molecule has 476 valence electrons. The lowest BCUT2D eigenvalue weighted by atomic mass is 10.00. The molecule has 5 unspecified atom stereocenters. The van der Waals surface area contributed by atoms with Crippen LogP contribution in [0.3, 0.4) is 0 Å². The minimum Gasteiger partial charge on any atom is -0.465 e. The first-order valence-electron chi connectivity index (χ1n) is 30.3. The van der Waals surface area contributed by atoms with Crippen molar-refractivity contribution in [3.63, 3.8) is 0 Å². The number of esters is 5. The zero-order valence-electron chi connectivity index (χ0n) is 53.8. The summed E-state index contributed by atoms with van der Waals surface area (Å²) < 4.78 is 112. The molecule has 32 heteroatoms. The van der Waals surface area contributed by atoms with Gasteiger partial charge in [0.2, 0.25) is 0 Å². The fraction of sp³-hybridized carbons (Fsp3) is 0.900. The molecule has 8 bridgehead atoms. The van der Waals surface area contributed by atoms with Gasteiger partial charge < -0.3 is 72.4 Å². The Hall–Kier alpha value is -0.801. The average Bonchev–Trinajstić information content (AvgIpc) is 3.69. The molecule has 8 aliphatic rings. The Bertz CT molecular complexity index is 2020. The summed E-state index contributed by atoms with van der Waals surface area (Å²) in [6.45, 7) is 44.3. The van der Waals surface area contributed by atoms with E-state index in [2.05, 4.69) is 44.8 Å². The molecule has 0 aromatic heterocycles. The van der Waals surface area contributed by atoms with Crippen molar-refractivity contribution >= 4 is 117 Å². The van der Waals surface area contributed by atoms with Crippen LogP contribution < -0.4 is 0 Å². The molecule has 0 aromatic carbocycles. The van der Waals surface area contributed by atoms with Gasteiger partial charge in [-0.2, -0.15) is 0 Å². The molecule has 8 saturated heterocycles. The lowest BCUT2D eigenvalue weighted by Crippen LogP contribution is -2.88. The summed E-state index contributed by atoms with van der Waals surface area (Å²) in [5, 5.41) is 0. The van der Waals surface area contributed by atoms with E-state index in [0.717, 1.165) is 24.9 Å². The maximum absolute atomic E-state index is 12.5. The fourth-order valence-electron chi connectivity index (χ4n) is 9.76. The normalized spacial score (nSPS) is 36.3. The Balaban J connectivity index is 0.000000307. The van der Waals surface area contributed by atoms with Crippen molar-refractivity contribution in [1.82, 2.24) is 0 Å². The van der Waals surface area contributed by atoms with Crippen molar-refractivity contribution in [2.75, 3.05) is 13.2 Å². The molecular formula is C50H104O22Si10. The van der Waals surface area contributed by atoms with Gasteiger partial charge in [0.15, 0.2) is 16.6 Å². The van der Waals surface area contributed by atoms with Crippen LogP contribution in [0, 0.1) is 35.5 Å². The number of rotatable bonds is 19. The van der Waals surface area contributed by atoms with E-state index in [1.54, 1.807) is 13.8 Å². The molecule has 0 N–H and O–H groups in total. The van der Waals surface area contributed by atoms with E-state index in [-0.39, 0.29) is 59.7 Å². The van der Waals surface area contributed by atoms with Gasteiger partial charge in [-0.25, -0.2) is 0 Å². The monoisotopic (exact) mass is 1340 g/mol. The summed E-state index contributed by atoms with van der Waals surface area (Å²) in [6.07, 6.45) is 3.02. The van der Waals surface area contributed by atoms with Crippen molar-refractivity contribution in [3.8, 4) is 0 Å². The Labute approximate surface area is 501 Å². The van der Waals surface area contributed by atoms with E-state index >= 15 is 0 Å². The Morgan fingerprint density at radius 1 is 0.488 bits per heavy atom. The van der Waals surface area contributed by atoms with Crippen LogP contribution in [0.15, 0.2) is 0 Å². The van der Waals surface area contributed by atoms with Gasteiger partial charge in [0.1, 0.15) is 5.60 Å². The molecule has 22 nitrogen and oxygen atoms in total. The van der Waals surface area contributed by atoms with Crippen LogP contribution in [0.4, 0.5) is 0 Å². The molecule has 0 saturated carbocycles. The van der Waals surface area contributed by atoms with Crippen LogP contribution in [0.25, 0.3) is 0 Å². The van der Waals surface area contributed by atoms with Crippen molar-refractivity contribution in [3.05, 3.63) is 0 Å². The highest BCUT2D eigenvalue weighted by Crippen LogP contribution is 2.53. The van der Waals surface area contributed by atoms with Crippen LogP contribution in [0.5, 0.6) is 0 Å². The predicted octanol–water partition coefficient (Wildman–Crippen LogP) is 11.2. The maximum Gasteiger partial charge on any atom is 0.479 e. The van der Waals surface area contributed by atoms with Crippen LogP contribution in [-0.4, -0.2) is 136 Å². The number of carbonyl (C=O) groups excluding carboxylic acids is 5. The highest BCUT2D eigenvalue weighted by Gasteiger charge is 2.82. The number of carbonyl (C=O) groups is 5. The van der Waals surface area contributed by atoms with Crippen LogP contribution in [0.2, 0.25) is 86.6 Å². The highest BCUT2D eigenvalue weighted by molar-refractivity contribution is 7.03. The third kappa shape index (κ3) is 18.9. The van der Waals surface area contributed by atoms with Gasteiger partial charge in [0.05, 0.1) is 42.8 Å². The molecule has 0 spiro atoms. The maximum atomic E-state index is 12.5. The minimum atomic E-state index is -3.85. The molecule has 0 aliphatic carbocycles. The molecule has 8 aliphatic heterocycles. The third-order valence-corrected chi connectivity index (χ3v) is 59.6. The first-order chi connectivity index (χ1) is 37.9. The number of ether oxygens (including phenoxy) is 4. The van der Waals surface area contributed by atoms with Gasteiger partial charge in [-0.1, -0.05) is 110 Å². The molecule has 0 aromatic rings. The fourth-order valence-corrected chi connectivity index (χ4v) is 69.4. The summed E-state index contributed by atoms with van der Waals surface area (Å²) in [7, 11) is -32.9. The largest absolute Gasteiger partial charge is 0.479 e. The lowest BCUT2D eigenvalue weighted by Gasteiger charge is -2.63. The molecule has 8 rings (SSSR count). The first kappa shape index (κ1) is 73.7. The molecule has 5 atom stereocenters. The summed E-state index contributed by atoms with van der Waals surface area (Å²) in [6, 6.07) is 4.96. The second-order valence-corrected chi connectivity index (χ2v) is 59.6. The van der Waals surface area contributed by atoms with Crippen LogP contribution in [-0.2, 0) is 96.4 Å². The second kappa shape index (κ2) is 29.2. The predicted molar refractivity (Wildman–Crippen MR) is 327 cm³/mol. The van der Waals surface area contributed by atoms with Crippen molar-refractivity contribution in [2.24, 2.45) is 35.5 Å². The van der Waals surface area contributed by atoms with E-state index in [1.807, 2.05) is 96.9 Å². The zero-order valence-corrected chi connectivity index (χ0v) is 63.8. The lowest BCUT2D eigenvalue weighted by molar-refractivity contribution is -0.159. The quantitative estimate of drug-likeness (QED) is 0.0384. The Morgan fingerprint density at radius 2 is 0.805 bits per heavy atom. The Morgan fingerprint density at radius 3 is 1.07 bits per heavy atom. The number of cyclic esters (lactones) is 2. The van der Waals surface area contributed by atoms with Gasteiger partial charge in [-0.05, 0) is 84.2 Å². The second-order valence-electron chi connectivity index (χ2n) is 24.8. The summed E-state index contributed by atoms with van der Waals surface area (Å²) in [5.41, 5.74) is -0.347. The molecule has 0 amide bonds. The SMILES string of the molecule is CC1C(=O)OC(=O)C1C.CCC(C)C(=O)OC(C)(C)C.CCC(C)C(=O)OCCC[Si]12O[Si]3(CC)O[Si]4(CC)O[Si]5(CC)O[Si](CC)(O3)O[Si](CC)(O[Si](CC)(O5)O[Si](CC)(O4)O1)O2.CCC(C)COC(=O)C1C[Si](C)(C)O[Si](C)(C)C1. The smallest absolute Gasteiger partial charge is 0.465 e. The van der Waals surface area contributed by atoms with E-state index in [0.29, 0.717) is 73.7 Å². The van der Waals surface area contributed by atoms with Gasteiger partial charge in [0.25, 0.3) is 0 Å². The highest BCUT2D eigenvalue weighted by atomic mass is 28.6. The molecular weight excluding hydrogens is 1230 g/mol. The standard InChI is InChI=1S/C22H50O14Si8.C13H28O3Si2.C9H18O2.C6H8O3/c1-10-21(9)22(23)24-19-18-20-44-34-41(15-6)28-38(12-3)25-37(11-2)26-39(13-4,30-41)32-43(17-8,36-44)33-40(14-5,27-37)31-42(16-7,29-38)35-44;1-7-11(2)8-15-13(14)12-9-17(3,4)16-18(5,6)10-12;1-6-7(2)8(10)11-9(3,4)5;1-3-4(2)6(8)9-5(3)7/h21H,10-20H2,1-9H3;11-12H,7-10H2,1-6H3;7H,6H2,1-5H3;3-4H,1-2H3. The number of hydrogen-bond donors (Lipinski definition) is 0. The zero-order chi connectivity index (χ0) is 62.2. The van der Waals surface area contributed by atoms with Crippen LogP contribution in [0.1, 0.15) is 150 Å². The van der Waals surface area contributed by atoms with Gasteiger partial charge in [0, 0.05) is 48.4 Å². The van der Waals surface area contributed by atoms with E-state index in [9.17, 15) is 24.0 Å². The first-order valence-corrected chi connectivity index (χ1v) is 52.0. The Kier molecular flexibility index (Phi) is 26.3. The third-order valence-electron chi connectivity index (χ3n) is 15.3. The van der Waals surface area contributed by atoms with Crippen molar-refractivity contribution < 1.29 is 96.4 Å². The summed E-state index contributed by atoms with van der Waals surface area (Å²) >= 11 is 0. The van der Waals surface area contributed by atoms with E-state index in [4.69, 9.17) is 67.7 Å². The topological polar surface area (TPSA) is 242 Å². The van der Waals surface area contributed by atoms with Crippen molar-refractivity contribution in [2.45, 2.75) is 243 Å². The number of hydrogen-bond acceptors (Lipinski definition) is 22. The molecule has 0 radical (unpaired) electrons. The van der Waals surface area contributed by atoms with E-state index in [1.165, 1.54) is 0 Å². The van der Waals surface area contributed by atoms with Gasteiger partial charge >= 0.3 is 100 Å². The molecule has 8 fully saturated rings. The summed E-state index contributed by atoms with van der Waals surface area (Å²) in [5.74, 6) is -1.23. The average molecular weight is 1340 g/mol. The van der Waals surface area contributed by atoms with Crippen molar-refractivity contribution in [1.29, 1.82) is 0 Å². The minimum absolute atomic E-state index is 0.0137. The van der Waals surface area contributed by atoms with Gasteiger partial charge in [-0.3, -0.25) is 24.0 Å². The van der Waals surface area contributed by atoms with E-state index < -0.39 is 99.0 Å². The van der Waals surface area contributed by atoms with Gasteiger partial charge in [-0.15, -0.1) is 0 Å². The van der Waals surface area contributed by atoms with Crippen LogP contribution >= 0.6 is 0 Å². The summed E-state index contributed by atoms with van der Waals surface area (Å²) in [4.78, 5) is 56.9.